The minimum Gasteiger partial charge on any atom is -0.311 e. The predicted molar refractivity (Wildman–Crippen MR) is 255 cm³/mol. The summed E-state index contributed by atoms with van der Waals surface area (Å²) in [5, 5.41) is 4.50. The van der Waals surface area contributed by atoms with Crippen LogP contribution in [0.5, 0.6) is 0 Å². The Bertz CT molecular complexity index is 3550. The molecule has 0 unspecified atom stereocenters. The molecule has 0 aliphatic rings. The fraction of sp³-hybridized carbons (Fsp3) is 0. The van der Waals surface area contributed by atoms with Crippen LogP contribution in [0.4, 0.5) is 17.1 Å². The van der Waals surface area contributed by atoms with Crippen LogP contribution in [-0.2, 0) is 0 Å². The average molecular weight is 770 g/mol. The van der Waals surface area contributed by atoms with E-state index in [2.05, 4.69) is 179 Å². The van der Waals surface area contributed by atoms with Crippen LogP contribution in [0.25, 0.3) is 82.8 Å². The van der Waals surface area contributed by atoms with Gasteiger partial charge in [-0.25, -0.2) is 0 Å². The van der Waals surface area contributed by atoms with Gasteiger partial charge in [0.05, 0.1) is 23.6 Å². The fourth-order valence-corrected chi connectivity index (χ4v) is 8.54. The molecule has 0 fully saturated rings. The van der Waals surface area contributed by atoms with Crippen molar-refractivity contribution in [3.05, 3.63) is 243 Å². The largest absolute Gasteiger partial charge is 0.311 e. The highest BCUT2D eigenvalue weighted by molar-refractivity contribution is 6.10. The highest BCUT2D eigenvalue weighted by atomic mass is 15.1. The van der Waals surface area contributed by atoms with Gasteiger partial charge in [0.2, 0.25) is 0 Å². The number of nitrogens with zero attached hydrogens (tertiary/aromatic N) is 2. The van der Waals surface area contributed by atoms with Crippen LogP contribution in [0.2, 0.25) is 0 Å². The van der Waals surface area contributed by atoms with Gasteiger partial charge in [0.15, 0.2) is 0 Å². The van der Waals surface area contributed by atoms with Gasteiger partial charge in [-0.05, 0) is 110 Å². The third-order valence-electron chi connectivity index (χ3n) is 11.5. The van der Waals surface area contributed by atoms with E-state index in [1.54, 1.807) is 0 Å². The molecule has 11 rings (SSSR count). The van der Waals surface area contributed by atoms with Gasteiger partial charge in [-0.15, -0.1) is 0 Å². The number of hydrogen-bond donors (Lipinski definition) is 0. The predicted octanol–water partition coefficient (Wildman–Crippen LogP) is 16.1. The molecular formula is C58H40N2. The second-order valence-corrected chi connectivity index (χ2v) is 15.0. The lowest BCUT2D eigenvalue weighted by molar-refractivity contribution is 1.18. The monoisotopic (exact) mass is 769 g/mol. The molecular weight excluding hydrogens is 725 g/mol. The van der Waals surface area contributed by atoms with E-state index < -0.39 is 6.04 Å². The van der Waals surface area contributed by atoms with Crippen molar-refractivity contribution in [3.8, 4) is 50.2 Å². The first-order valence-electron chi connectivity index (χ1n) is 22.7. The normalized spacial score (nSPS) is 12.5. The van der Waals surface area contributed by atoms with Gasteiger partial charge in [0.1, 0.15) is 0 Å². The Labute approximate surface area is 357 Å². The number of anilines is 3. The maximum absolute atomic E-state index is 8.74. The maximum atomic E-state index is 8.74. The Morgan fingerprint density at radius 3 is 1.58 bits per heavy atom. The zero-order valence-electron chi connectivity index (χ0n) is 37.6. The van der Waals surface area contributed by atoms with Crippen LogP contribution in [0.1, 0.15) is 6.85 Å². The number of rotatable bonds is 8. The molecule has 0 atom stereocenters. The third-order valence-corrected chi connectivity index (χ3v) is 11.5. The minimum absolute atomic E-state index is 0.182. The van der Waals surface area contributed by atoms with E-state index in [9.17, 15) is 0 Å². The molecule has 2 heteroatoms. The smallest absolute Gasteiger partial charge is 0.0629 e. The topological polar surface area (TPSA) is 8.17 Å². The third kappa shape index (κ3) is 6.41. The Kier molecular flexibility index (Phi) is 7.59. The van der Waals surface area contributed by atoms with Crippen LogP contribution in [0, 0.1) is 0 Å². The zero-order chi connectivity index (χ0) is 44.2. The summed E-state index contributed by atoms with van der Waals surface area (Å²) in [6, 6.07) is 72.6. The SMILES string of the molecule is [2H]c1c([2H])c([2H])c(-c2ccc3c4ccccc4n(-c4ccccc4-c4ccc(N(c5ccc(-c6ccccc6)cc5)c5ccc(-c6ccc7ccccc7c6)cc5)cc4)c3c2)c([2H])c1[2H]. The Hall–Kier alpha value is -7.94. The molecule has 0 saturated heterocycles. The van der Waals surface area contributed by atoms with Gasteiger partial charge >= 0.3 is 0 Å². The minimum atomic E-state index is -0.405. The Morgan fingerprint density at radius 1 is 0.333 bits per heavy atom. The lowest BCUT2D eigenvalue weighted by atomic mass is 10.00. The van der Waals surface area contributed by atoms with Crippen LogP contribution < -0.4 is 4.90 Å². The molecule has 282 valence electrons. The summed E-state index contributed by atoms with van der Waals surface area (Å²) in [4.78, 5) is 2.29. The molecule has 0 N–H and O–H groups in total. The molecule has 0 aliphatic heterocycles. The fourth-order valence-electron chi connectivity index (χ4n) is 8.54. The molecule has 0 saturated carbocycles. The summed E-state index contributed by atoms with van der Waals surface area (Å²) in [7, 11) is 0. The van der Waals surface area contributed by atoms with E-state index in [1.165, 1.54) is 21.9 Å². The van der Waals surface area contributed by atoms with Gasteiger partial charge in [0.25, 0.3) is 0 Å². The zero-order valence-corrected chi connectivity index (χ0v) is 32.6. The highest BCUT2D eigenvalue weighted by Crippen LogP contribution is 2.41. The maximum Gasteiger partial charge on any atom is 0.0629 e. The lowest BCUT2D eigenvalue weighted by Gasteiger charge is -2.26. The van der Waals surface area contributed by atoms with Gasteiger partial charge in [0, 0.05) is 33.4 Å². The second kappa shape index (κ2) is 15.1. The van der Waals surface area contributed by atoms with Gasteiger partial charge < -0.3 is 9.47 Å². The van der Waals surface area contributed by atoms with E-state index in [0.29, 0.717) is 5.56 Å². The molecule has 11 aromatic rings. The number of hydrogen-bond acceptors (Lipinski definition) is 1. The second-order valence-electron chi connectivity index (χ2n) is 15.0. The summed E-state index contributed by atoms with van der Waals surface area (Å²) < 4.78 is 44.6. The summed E-state index contributed by atoms with van der Waals surface area (Å²) in [6.45, 7) is 0. The molecule has 0 aliphatic carbocycles. The van der Waals surface area contributed by atoms with E-state index >= 15 is 0 Å². The summed E-state index contributed by atoms with van der Waals surface area (Å²) in [5.74, 6) is 0. The van der Waals surface area contributed by atoms with Crippen LogP contribution >= 0.6 is 0 Å². The molecule has 1 heterocycles. The molecule has 2 nitrogen and oxygen atoms in total. The van der Waals surface area contributed by atoms with E-state index in [-0.39, 0.29) is 29.7 Å². The molecule has 0 amide bonds. The van der Waals surface area contributed by atoms with Crippen molar-refractivity contribution >= 4 is 49.6 Å². The summed E-state index contributed by atoms with van der Waals surface area (Å²) in [5.41, 5.74) is 13.4. The number of para-hydroxylation sites is 2. The van der Waals surface area contributed by atoms with Crippen molar-refractivity contribution in [2.45, 2.75) is 0 Å². The molecule has 10 aromatic carbocycles. The first-order chi connectivity index (χ1) is 31.8. The van der Waals surface area contributed by atoms with Gasteiger partial charge in [-0.2, -0.15) is 0 Å². The van der Waals surface area contributed by atoms with E-state index in [1.807, 2.05) is 42.5 Å². The van der Waals surface area contributed by atoms with Crippen LogP contribution in [0.15, 0.2) is 243 Å². The molecule has 0 spiro atoms. The van der Waals surface area contributed by atoms with Gasteiger partial charge in [-0.3, -0.25) is 0 Å². The lowest BCUT2D eigenvalue weighted by Crippen LogP contribution is -2.09. The first kappa shape index (κ1) is 30.2. The van der Waals surface area contributed by atoms with Crippen molar-refractivity contribution < 1.29 is 6.85 Å². The first-order valence-corrected chi connectivity index (χ1v) is 20.2. The number of aromatic nitrogens is 1. The molecule has 0 bridgehead atoms. The Balaban J connectivity index is 1.01. The highest BCUT2D eigenvalue weighted by Gasteiger charge is 2.18. The van der Waals surface area contributed by atoms with E-state index in [4.69, 9.17) is 6.85 Å². The van der Waals surface area contributed by atoms with Crippen LogP contribution in [0.3, 0.4) is 0 Å². The van der Waals surface area contributed by atoms with Crippen molar-refractivity contribution in [1.82, 2.24) is 4.57 Å². The molecule has 1 aromatic heterocycles. The quantitative estimate of drug-likeness (QED) is 0.149. The van der Waals surface area contributed by atoms with Crippen LogP contribution in [-0.4, -0.2) is 4.57 Å². The number of benzene rings is 10. The average Bonchev–Trinajstić information content (AvgIpc) is 3.69. The summed E-state index contributed by atoms with van der Waals surface area (Å²) >= 11 is 0. The molecule has 60 heavy (non-hydrogen) atoms. The van der Waals surface area contributed by atoms with E-state index in [0.717, 1.165) is 66.8 Å². The standard InChI is InChI=1S/C58H40N2/c1-3-13-41(14-4-1)44-25-32-50(33-26-44)59(51-34-27-45(28-35-51)48-24-23-43-17-7-8-18-47(43)39-48)52-36-29-46(30-37-52)53-19-9-11-21-56(53)60-57-22-12-10-20-54(57)55-38-31-49(40-58(55)60)42-15-5-2-6-16-42/h1-40H/i2D,5D,6D,15D,16D. The Morgan fingerprint density at radius 2 is 0.850 bits per heavy atom. The molecule has 0 radical (unpaired) electrons. The van der Waals surface area contributed by atoms with Gasteiger partial charge in [-0.1, -0.05) is 182 Å². The van der Waals surface area contributed by atoms with Crippen molar-refractivity contribution in [3.63, 3.8) is 0 Å². The number of fused-ring (bicyclic) bond motifs is 4. The summed E-state index contributed by atoms with van der Waals surface area (Å²) in [6.07, 6.45) is 0. The van der Waals surface area contributed by atoms with Crippen molar-refractivity contribution in [1.29, 1.82) is 0 Å². The van der Waals surface area contributed by atoms with Crippen molar-refractivity contribution in [2.75, 3.05) is 4.90 Å². The van der Waals surface area contributed by atoms with Crippen molar-refractivity contribution in [2.24, 2.45) is 0 Å².